The van der Waals surface area contributed by atoms with Crippen LogP contribution in [0.1, 0.15) is 28.4 Å². The maximum absolute atomic E-state index is 12.1. The minimum atomic E-state index is -0.276. The van der Waals surface area contributed by atoms with E-state index in [0.717, 1.165) is 5.56 Å². The van der Waals surface area contributed by atoms with Crippen LogP contribution in [0, 0.1) is 6.92 Å². The molecule has 118 valence electrons. The fraction of sp³-hybridized carbons (Fsp3) is 0.158. The normalized spacial score (nSPS) is 10.5. The summed E-state index contributed by atoms with van der Waals surface area (Å²) < 4.78 is 0. The lowest BCUT2D eigenvalue weighted by molar-refractivity contribution is -0.111. The van der Waals surface area contributed by atoms with E-state index in [4.69, 9.17) is 0 Å². The number of rotatable bonds is 5. The van der Waals surface area contributed by atoms with Crippen molar-refractivity contribution < 1.29 is 9.59 Å². The van der Waals surface area contributed by atoms with E-state index in [1.807, 2.05) is 38.1 Å². The van der Waals surface area contributed by atoms with Crippen molar-refractivity contribution in [3.05, 3.63) is 71.3 Å². The summed E-state index contributed by atoms with van der Waals surface area (Å²) in [6, 6.07) is 14.8. The Labute approximate surface area is 136 Å². The predicted octanol–water partition coefficient (Wildman–Crippen LogP) is 3.40. The van der Waals surface area contributed by atoms with Crippen molar-refractivity contribution in [3.63, 3.8) is 0 Å². The molecular weight excluding hydrogens is 288 g/mol. The molecule has 2 rings (SSSR count). The molecule has 0 bridgehead atoms. The number of amides is 2. The fourth-order valence-corrected chi connectivity index (χ4v) is 2.07. The van der Waals surface area contributed by atoms with Crippen LogP contribution in [0.2, 0.25) is 0 Å². The Morgan fingerprint density at radius 1 is 1.04 bits per heavy atom. The van der Waals surface area contributed by atoms with Crippen molar-refractivity contribution in [1.82, 2.24) is 5.32 Å². The summed E-state index contributed by atoms with van der Waals surface area (Å²) in [6.45, 7) is 4.40. The first-order chi connectivity index (χ1) is 11.1. The van der Waals surface area contributed by atoms with Crippen LogP contribution in [0.15, 0.2) is 54.6 Å². The fourth-order valence-electron chi connectivity index (χ4n) is 2.07. The number of nitrogens with one attached hydrogen (secondary N) is 2. The van der Waals surface area contributed by atoms with Crippen LogP contribution < -0.4 is 10.6 Å². The van der Waals surface area contributed by atoms with Gasteiger partial charge in [0.15, 0.2) is 0 Å². The number of aryl methyl sites for hydroxylation is 1. The third-order valence-corrected chi connectivity index (χ3v) is 3.27. The average molecular weight is 308 g/mol. The number of benzene rings is 2. The Morgan fingerprint density at radius 3 is 2.43 bits per heavy atom. The summed E-state index contributed by atoms with van der Waals surface area (Å²) >= 11 is 0. The van der Waals surface area contributed by atoms with E-state index in [1.54, 1.807) is 30.3 Å². The van der Waals surface area contributed by atoms with Gasteiger partial charge in [-0.25, -0.2) is 0 Å². The summed E-state index contributed by atoms with van der Waals surface area (Å²) in [5, 5.41) is 5.48. The number of para-hydroxylation sites is 1. The number of carbonyl (C=O) groups excluding carboxylic acids is 2. The highest BCUT2D eigenvalue weighted by molar-refractivity contribution is 6.07. The van der Waals surface area contributed by atoms with Crippen LogP contribution in [0.5, 0.6) is 0 Å². The van der Waals surface area contributed by atoms with Gasteiger partial charge in [-0.1, -0.05) is 42.0 Å². The molecule has 4 nitrogen and oxygen atoms in total. The van der Waals surface area contributed by atoms with Crippen molar-refractivity contribution in [2.45, 2.75) is 13.8 Å². The van der Waals surface area contributed by atoms with Crippen LogP contribution in [0.3, 0.4) is 0 Å². The molecule has 0 radical (unpaired) electrons. The molecular formula is C19H20N2O2. The molecule has 23 heavy (non-hydrogen) atoms. The number of hydrogen-bond donors (Lipinski definition) is 2. The van der Waals surface area contributed by atoms with Gasteiger partial charge in [0.2, 0.25) is 5.91 Å². The quantitative estimate of drug-likeness (QED) is 0.832. The predicted molar refractivity (Wildman–Crippen MR) is 93.3 cm³/mol. The maximum atomic E-state index is 12.1. The van der Waals surface area contributed by atoms with Crippen LogP contribution in [-0.4, -0.2) is 18.4 Å². The summed E-state index contributed by atoms with van der Waals surface area (Å²) in [7, 11) is 0. The third-order valence-electron chi connectivity index (χ3n) is 3.27. The van der Waals surface area contributed by atoms with Crippen LogP contribution in [0.4, 0.5) is 5.69 Å². The standard InChI is InChI=1S/C19H20N2O2/c1-3-20-19(23)16-6-4-5-7-17(16)21-18(22)13-12-15-10-8-14(2)9-11-15/h4-13H,3H2,1-2H3,(H,20,23)(H,21,22). The lowest BCUT2D eigenvalue weighted by Crippen LogP contribution is -2.24. The van der Waals surface area contributed by atoms with Crippen molar-refractivity contribution in [1.29, 1.82) is 0 Å². The Kier molecular flexibility index (Phi) is 5.69. The summed E-state index contributed by atoms with van der Waals surface area (Å²) in [5.41, 5.74) is 3.06. The highest BCUT2D eigenvalue weighted by Crippen LogP contribution is 2.15. The van der Waals surface area contributed by atoms with Crippen LogP contribution >= 0.6 is 0 Å². The smallest absolute Gasteiger partial charge is 0.253 e. The second-order valence-electron chi connectivity index (χ2n) is 5.14. The van der Waals surface area contributed by atoms with Gasteiger partial charge in [-0.3, -0.25) is 9.59 Å². The summed E-state index contributed by atoms with van der Waals surface area (Å²) in [4.78, 5) is 24.0. The lowest BCUT2D eigenvalue weighted by atomic mass is 10.1. The first-order valence-corrected chi connectivity index (χ1v) is 7.53. The molecule has 0 aliphatic carbocycles. The van der Waals surface area contributed by atoms with Gasteiger partial charge in [0.25, 0.3) is 5.91 Å². The molecule has 2 amide bonds. The zero-order chi connectivity index (χ0) is 16.7. The molecule has 0 saturated carbocycles. The topological polar surface area (TPSA) is 58.2 Å². The van der Waals surface area contributed by atoms with Crippen molar-refractivity contribution in [3.8, 4) is 0 Å². The molecule has 2 N–H and O–H groups in total. The first kappa shape index (κ1) is 16.5. The molecule has 0 aliphatic heterocycles. The maximum Gasteiger partial charge on any atom is 0.253 e. The molecule has 0 spiro atoms. The van der Waals surface area contributed by atoms with Gasteiger partial charge in [-0.05, 0) is 37.6 Å². The Morgan fingerprint density at radius 2 is 1.74 bits per heavy atom. The molecule has 2 aromatic carbocycles. The van der Waals surface area contributed by atoms with Gasteiger partial charge in [-0.15, -0.1) is 0 Å². The molecule has 0 heterocycles. The van der Waals surface area contributed by atoms with Gasteiger partial charge in [0.1, 0.15) is 0 Å². The first-order valence-electron chi connectivity index (χ1n) is 7.53. The van der Waals surface area contributed by atoms with E-state index < -0.39 is 0 Å². The zero-order valence-electron chi connectivity index (χ0n) is 13.3. The van der Waals surface area contributed by atoms with E-state index in [1.165, 1.54) is 11.6 Å². The SMILES string of the molecule is CCNC(=O)c1ccccc1NC(=O)C=Cc1ccc(C)cc1. The third kappa shape index (κ3) is 4.81. The van der Waals surface area contributed by atoms with Gasteiger partial charge >= 0.3 is 0 Å². The van der Waals surface area contributed by atoms with E-state index in [2.05, 4.69) is 10.6 Å². The molecule has 0 unspecified atom stereocenters. The molecule has 2 aromatic rings. The number of carbonyl (C=O) groups is 2. The van der Waals surface area contributed by atoms with E-state index >= 15 is 0 Å². The Balaban J connectivity index is 2.08. The highest BCUT2D eigenvalue weighted by atomic mass is 16.2. The molecule has 0 aromatic heterocycles. The van der Waals surface area contributed by atoms with Gasteiger partial charge < -0.3 is 10.6 Å². The number of hydrogen-bond acceptors (Lipinski definition) is 2. The molecule has 0 saturated heterocycles. The molecule has 0 atom stereocenters. The highest BCUT2D eigenvalue weighted by Gasteiger charge is 2.10. The number of anilines is 1. The molecule has 0 fully saturated rings. The molecule has 4 heteroatoms. The molecule has 0 aliphatic rings. The minimum Gasteiger partial charge on any atom is -0.352 e. The minimum absolute atomic E-state index is 0.203. The van der Waals surface area contributed by atoms with Gasteiger partial charge in [-0.2, -0.15) is 0 Å². The van der Waals surface area contributed by atoms with Gasteiger partial charge in [0.05, 0.1) is 11.3 Å². The summed E-state index contributed by atoms with van der Waals surface area (Å²) in [6.07, 6.45) is 3.20. The van der Waals surface area contributed by atoms with E-state index in [-0.39, 0.29) is 11.8 Å². The van der Waals surface area contributed by atoms with Gasteiger partial charge in [0, 0.05) is 12.6 Å². The van der Waals surface area contributed by atoms with Crippen LogP contribution in [-0.2, 0) is 4.79 Å². The van der Waals surface area contributed by atoms with Crippen molar-refractivity contribution in [2.75, 3.05) is 11.9 Å². The zero-order valence-corrected chi connectivity index (χ0v) is 13.3. The lowest BCUT2D eigenvalue weighted by Gasteiger charge is -2.09. The Bertz CT molecular complexity index is 718. The largest absolute Gasteiger partial charge is 0.352 e. The van der Waals surface area contributed by atoms with Crippen LogP contribution in [0.25, 0.3) is 6.08 Å². The second kappa shape index (κ2) is 7.94. The second-order valence-corrected chi connectivity index (χ2v) is 5.14. The average Bonchev–Trinajstić information content (AvgIpc) is 2.55. The van der Waals surface area contributed by atoms with E-state index in [9.17, 15) is 9.59 Å². The Hall–Kier alpha value is -2.88. The van der Waals surface area contributed by atoms with E-state index in [0.29, 0.717) is 17.8 Å². The van der Waals surface area contributed by atoms with Crippen molar-refractivity contribution >= 4 is 23.6 Å². The monoisotopic (exact) mass is 308 g/mol. The summed E-state index contributed by atoms with van der Waals surface area (Å²) in [5.74, 6) is -0.478. The van der Waals surface area contributed by atoms with Crippen molar-refractivity contribution in [2.24, 2.45) is 0 Å².